The summed E-state index contributed by atoms with van der Waals surface area (Å²) in [6.45, 7) is 1.92. The van der Waals surface area contributed by atoms with Crippen LogP contribution in [0.5, 0.6) is 5.75 Å². The van der Waals surface area contributed by atoms with E-state index in [1.807, 2.05) is 73.0 Å². The SMILES string of the molecule is CC[C@H](Oc1ccccc1)C(=O)Nc1nc(-c2ccccc2)cs1. The van der Waals surface area contributed by atoms with Gasteiger partial charge in [0.15, 0.2) is 11.2 Å². The van der Waals surface area contributed by atoms with Gasteiger partial charge in [-0.2, -0.15) is 0 Å². The fourth-order valence-electron chi connectivity index (χ4n) is 2.24. The lowest BCUT2D eigenvalue weighted by molar-refractivity contribution is -0.122. The largest absolute Gasteiger partial charge is 0.481 e. The van der Waals surface area contributed by atoms with Crippen LogP contribution in [0, 0.1) is 0 Å². The Morgan fingerprint density at radius 1 is 1.12 bits per heavy atom. The van der Waals surface area contributed by atoms with Crippen molar-refractivity contribution in [3.05, 3.63) is 66.0 Å². The molecule has 24 heavy (non-hydrogen) atoms. The summed E-state index contributed by atoms with van der Waals surface area (Å²) >= 11 is 1.41. The van der Waals surface area contributed by atoms with Gasteiger partial charge in [0.1, 0.15) is 5.75 Å². The molecule has 0 saturated heterocycles. The number of nitrogens with zero attached hydrogens (tertiary/aromatic N) is 1. The second-order valence-corrected chi connectivity index (χ2v) is 6.08. The molecular formula is C19H18N2O2S. The summed E-state index contributed by atoms with van der Waals surface area (Å²) in [5.74, 6) is 0.499. The highest BCUT2D eigenvalue weighted by Crippen LogP contribution is 2.25. The van der Waals surface area contributed by atoms with Crippen molar-refractivity contribution in [3.63, 3.8) is 0 Å². The number of anilines is 1. The molecule has 1 aromatic heterocycles. The highest BCUT2D eigenvalue weighted by molar-refractivity contribution is 7.14. The minimum atomic E-state index is -0.545. The summed E-state index contributed by atoms with van der Waals surface area (Å²) in [7, 11) is 0. The van der Waals surface area contributed by atoms with E-state index in [4.69, 9.17) is 4.74 Å². The van der Waals surface area contributed by atoms with Crippen LogP contribution in [0.4, 0.5) is 5.13 Å². The van der Waals surface area contributed by atoms with Gasteiger partial charge in [0.2, 0.25) is 0 Å². The Balaban J connectivity index is 1.66. The van der Waals surface area contributed by atoms with Gasteiger partial charge in [-0.1, -0.05) is 55.5 Å². The number of carbonyl (C=O) groups is 1. The summed E-state index contributed by atoms with van der Waals surface area (Å²) in [5.41, 5.74) is 1.88. The molecule has 0 spiro atoms. The first kappa shape index (κ1) is 16.2. The van der Waals surface area contributed by atoms with Crippen molar-refractivity contribution < 1.29 is 9.53 Å². The molecule has 0 unspecified atom stereocenters. The lowest BCUT2D eigenvalue weighted by Crippen LogP contribution is -2.32. The van der Waals surface area contributed by atoms with Gasteiger partial charge in [0.25, 0.3) is 5.91 Å². The van der Waals surface area contributed by atoms with Crippen LogP contribution in [-0.2, 0) is 4.79 Å². The number of benzene rings is 2. The molecule has 4 nitrogen and oxygen atoms in total. The second kappa shape index (κ2) is 7.75. The normalized spacial score (nSPS) is 11.7. The number of ether oxygens (including phenoxy) is 1. The standard InChI is InChI=1S/C19H18N2O2S/c1-2-17(23-15-11-7-4-8-12-15)18(22)21-19-20-16(13-24-19)14-9-5-3-6-10-14/h3-13,17H,2H2,1H3,(H,20,21,22)/t17-/m0/s1. The Morgan fingerprint density at radius 3 is 2.46 bits per heavy atom. The van der Waals surface area contributed by atoms with E-state index in [9.17, 15) is 4.79 Å². The maximum atomic E-state index is 12.4. The van der Waals surface area contributed by atoms with Crippen molar-refractivity contribution in [1.29, 1.82) is 0 Å². The fourth-order valence-corrected chi connectivity index (χ4v) is 2.97. The van der Waals surface area contributed by atoms with E-state index in [1.165, 1.54) is 11.3 Å². The molecule has 3 rings (SSSR count). The van der Waals surface area contributed by atoms with Gasteiger partial charge in [0, 0.05) is 10.9 Å². The second-order valence-electron chi connectivity index (χ2n) is 5.22. The Morgan fingerprint density at radius 2 is 1.79 bits per heavy atom. The number of para-hydroxylation sites is 1. The Hall–Kier alpha value is -2.66. The van der Waals surface area contributed by atoms with Crippen molar-refractivity contribution in [3.8, 4) is 17.0 Å². The Kier molecular flexibility index (Phi) is 5.23. The predicted molar refractivity (Wildman–Crippen MR) is 97.3 cm³/mol. The quantitative estimate of drug-likeness (QED) is 0.714. The van der Waals surface area contributed by atoms with Gasteiger partial charge < -0.3 is 4.74 Å². The summed E-state index contributed by atoms with van der Waals surface area (Å²) < 4.78 is 5.75. The van der Waals surface area contributed by atoms with E-state index in [2.05, 4.69) is 10.3 Å². The average molecular weight is 338 g/mol. The molecule has 5 heteroatoms. The van der Waals surface area contributed by atoms with Crippen molar-refractivity contribution in [2.24, 2.45) is 0 Å². The lowest BCUT2D eigenvalue weighted by Gasteiger charge is -2.16. The molecule has 3 aromatic rings. The summed E-state index contributed by atoms with van der Waals surface area (Å²) in [4.78, 5) is 16.9. The molecular weight excluding hydrogens is 320 g/mol. The summed E-state index contributed by atoms with van der Waals surface area (Å²) in [5, 5.41) is 5.36. The van der Waals surface area contributed by atoms with E-state index in [-0.39, 0.29) is 5.91 Å². The summed E-state index contributed by atoms with van der Waals surface area (Å²) in [6.07, 6.45) is 0.0361. The first-order valence-corrected chi connectivity index (χ1v) is 8.67. The van der Waals surface area contributed by atoms with Crippen LogP contribution >= 0.6 is 11.3 Å². The third-order valence-corrected chi connectivity index (χ3v) is 4.25. The van der Waals surface area contributed by atoms with E-state index in [0.29, 0.717) is 17.3 Å². The molecule has 2 aromatic carbocycles. The number of nitrogens with one attached hydrogen (secondary N) is 1. The maximum absolute atomic E-state index is 12.4. The average Bonchev–Trinajstić information content (AvgIpc) is 3.09. The third kappa shape index (κ3) is 4.00. The molecule has 0 fully saturated rings. The van der Waals surface area contributed by atoms with Gasteiger partial charge in [-0.25, -0.2) is 4.98 Å². The van der Waals surface area contributed by atoms with E-state index in [1.54, 1.807) is 0 Å². The molecule has 1 N–H and O–H groups in total. The summed E-state index contributed by atoms with van der Waals surface area (Å²) in [6, 6.07) is 19.2. The number of hydrogen-bond acceptors (Lipinski definition) is 4. The van der Waals surface area contributed by atoms with E-state index >= 15 is 0 Å². The zero-order valence-electron chi connectivity index (χ0n) is 13.3. The van der Waals surface area contributed by atoms with Crippen LogP contribution in [0.25, 0.3) is 11.3 Å². The van der Waals surface area contributed by atoms with Crippen LogP contribution in [0.3, 0.4) is 0 Å². The highest BCUT2D eigenvalue weighted by atomic mass is 32.1. The van der Waals surface area contributed by atoms with Crippen LogP contribution in [-0.4, -0.2) is 17.0 Å². The number of hydrogen-bond donors (Lipinski definition) is 1. The van der Waals surface area contributed by atoms with E-state index in [0.717, 1.165) is 11.3 Å². The molecule has 0 aliphatic carbocycles. The number of amides is 1. The van der Waals surface area contributed by atoms with Gasteiger partial charge in [-0.3, -0.25) is 10.1 Å². The van der Waals surface area contributed by atoms with Crippen LogP contribution in [0.15, 0.2) is 66.0 Å². The molecule has 0 aliphatic heterocycles. The first-order chi connectivity index (χ1) is 11.8. The zero-order chi connectivity index (χ0) is 16.8. The van der Waals surface area contributed by atoms with Gasteiger partial charge in [-0.15, -0.1) is 11.3 Å². The Labute approximate surface area is 145 Å². The molecule has 0 aliphatic rings. The van der Waals surface area contributed by atoms with Crippen LogP contribution in [0.2, 0.25) is 0 Å². The molecule has 1 atom stereocenters. The van der Waals surface area contributed by atoms with Crippen molar-refractivity contribution >= 4 is 22.4 Å². The maximum Gasteiger partial charge on any atom is 0.267 e. The molecule has 0 saturated carbocycles. The van der Waals surface area contributed by atoms with Crippen molar-refractivity contribution in [1.82, 2.24) is 4.98 Å². The highest BCUT2D eigenvalue weighted by Gasteiger charge is 2.19. The molecule has 1 amide bonds. The van der Waals surface area contributed by atoms with Gasteiger partial charge in [-0.05, 0) is 18.6 Å². The van der Waals surface area contributed by atoms with Gasteiger partial charge >= 0.3 is 0 Å². The monoisotopic (exact) mass is 338 g/mol. The van der Waals surface area contributed by atoms with Gasteiger partial charge in [0.05, 0.1) is 5.69 Å². The molecule has 0 bridgehead atoms. The van der Waals surface area contributed by atoms with Crippen molar-refractivity contribution in [2.75, 3.05) is 5.32 Å². The number of rotatable bonds is 6. The first-order valence-electron chi connectivity index (χ1n) is 7.80. The smallest absolute Gasteiger partial charge is 0.267 e. The molecule has 1 heterocycles. The molecule has 122 valence electrons. The zero-order valence-corrected chi connectivity index (χ0v) is 14.1. The minimum Gasteiger partial charge on any atom is -0.481 e. The predicted octanol–water partition coefficient (Wildman–Crippen LogP) is 4.61. The third-order valence-electron chi connectivity index (χ3n) is 3.49. The number of thiazole rings is 1. The lowest BCUT2D eigenvalue weighted by atomic mass is 10.2. The van der Waals surface area contributed by atoms with Crippen LogP contribution in [0.1, 0.15) is 13.3 Å². The van der Waals surface area contributed by atoms with Crippen molar-refractivity contribution in [2.45, 2.75) is 19.4 Å². The minimum absolute atomic E-state index is 0.185. The number of carbonyl (C=O) groups excluding carboxylic acids is 1. The topological polar surface area (TPSA) is 51.2 Å². The van der Waals surface area contributed by atoms with E-state index < -0.39 is 6.10 Å². The Bertz CT molecular complexity index is 787. The van der Waals surface area contributed by atoms with Crippen LogP contribution < -0.4 is 10.1 Å². The molecule has 0 radical (unpaired) electrons. The fraction of sp³-hybridized carbons (Fsp3) is 0.158. The number of aromatic nitrogens is 1.